The number of quaternary nitrogens is 1. The maximum atomic E-state index is 13.5. The van der Waals surface area contributed by atoms with Crippen LogP contribution in [0.1, 0.15) is 271 Å². The van der Waals surface area contributed by atoms with Crippen molar-refractivity contribution in [3.8, 4) is 0 Å². The molecule has 0 aliphatic rings. The molecule has 0 aliphatic carbocycles. The highest BCUT2D eigenvalue weighted by Gasteiger charge is 2.27. The van der Waals surface area contributed by atoms with Crippen molar-refractivity contribution in [2.75, 3.05) is 40.9 Å². The zero-order valence-corrected chi connectivity index (χ0v) is 51.1. The molecule has 1 amide bonds. The van der Waals surface area contributed by atoms with Gasteiger partial charge >= 0.3 is 5.97 Å². The first kappa shape index (κ1) is 73.2. The molecule has 1 N–H and O–H groups in total. The quantitative estimate of drug-likeness (QED) is 0.0212. The van der Waals surface area contributed by atoms with Gasteiger partial charge in [0.15, 0.2) is 0 Å². The SMILES string of the molecule is CC/C=C\C/C=C\C/C=C\C/C=C\C/C=C\C/C=C\CCCCCCCCC(=O)NC(COP(=O)([O-])OCC[N+](C)(C)C)C(/C=C\CCCCCCCCCCCC)OC(=O)CCCCCCCCCCCCCCC. The van der Waals surface area contributed by atoms with E-state index in [1.54, 1.807) is 0 Å². The van der Waals surface area contributed by atoms with Crippen LogP contribution in [0, 0.1) is 0 Å². The van der Waals surface area contributed by atoms with Crippen molar-refractivity contribution >= 4 is 19.7 Å². The predicted molar refractivity (Wildman–Crippen MR) is 325 cm³/mol. The number of phosphoric ester groups is 1. The lowest BCUT2D eigenvalue weighted by Gasteiger charge is -2.30. The molecule has 0 aromatic rings. The molecule has 0 saturated heterocycles. The first-order valence-corrected chi connectivity index (χ1v) is 32.9. The summed E-state index contributed by atoms with van der Waals surface area (Å²) in [6.07, 6.45) is 72.6. The van der Waals surface area contributed by atoms with Crippen molar-refractivity contribution in [1.29, 1.82) is 0 Å². The summed E-state index contributed by atoms with van der Waals surface area (Å²) in [6, 6.07) is -0.898. The molecule has 76 heavy (non-hydrogen) atoms. The van der Waals surface area contributed by atoms with Gasteiger partial charge in [-0.2, -0.15) is 0 Å². The van der Waals surface area contributed by atoms with Gasteiger partial charge in [0.25, 0.3) is 7.82 Å². The summed E-state index contributed by atoms with van der Waals surface area (Å²) < 4.78 is 30.3. The van der Waals surface area contributed by atoms with Gasteiger partial charge in [0.2, 0.25) is 5.91 Å². The Kier molecular flexibility index (Phi) is 53.5. The number of nitrogens with zero attached hydrogens (tertiary/aromatic N) is 1. The van der Waals surface area contributed by atoms with E-state index in [1.165, 1.54) is 116 Å². The van der Waals surface area contributed by atoms with E-state index in [0.717, 1.165) is 122 Å². The molecule has 9 nitrogen and oxygen atoms in total. The molecule has 0 heterocycles. The fourth-order valence-electron chi connectivity index (χ4n) is 8.76. The number of hydrogen-bond acceptors (Lipinski definition) is 7. The van der Waals surface area contributed by atoms with E-state index in [1.807, 2.05) is 33.3 Å². The molecule has 0 aliphatic heterocycles. The number of allylic oxidation sites excluding steroid dienone is 13. The van der Waals surface area contributed by atoms with Gasteiger partial charge in [-0.15, -0.1) is 0 Å². The number of ether oxygens (including phenoxy) is 1. The van der Waals surface area contributed by atoms with Crippen LogP contribution in [0.4, 0.5) is 0 Å². The molecular formula is C66H119N2O7P. The van der Waals surface area contributed by atoms with Crippen LogP contribution in [0.3, 0.4) is 0 Å². The van der Waals surface area contributed by atoms with Gasteiger partial charge in [-0.1, -0.05) is 260 Å². The van der Waals surface area contributed by atoms with Crippen molar-refractivity contribution in [3.63, 3.8) is 0 Å². The summed E-state index contributed by atoms with van der Waals surface area (Å²) in [5.41, 5.74) is 0. The zero-order chi connectivity index (χ0) is 55.7. The van der Waals surface area contributed by atoms with Gasteiger partial charge in [0.05, 0.1) is 33.8 Å². The molecular weight excluding hydrogens is 964 g/mol. The second-order valence-electron chi connectivity index (χ2n) is 22.2. The van der Waals surface area contributed by atoms with Crippen LogP contribution in [0.5, 0.6) is 0 Å². The van der Waals surface area contributed by atoms with Gasteiger partial charge in [0.1, 0.15) is 19.3 Å². The van der Waals surface area contributed by atoms with E-state index in [0.29, 0.717) is 17.4 Å². The van der Waals surface area contributed by atoms with Crippen LogP contribution in [0.2, 0.25) is 0 Å². The van der Waals surface area contributed by atoms with Crippen molar-refractivity contribution < 1.29 is 37.3 Å². The van der Waals surface area contributed by atoms with E-state index in [4.69, 9.17) is 13.8 Å². The largest absolute Gasteiger partial charge is 0.756 e. The highest BCUT2D eigenvalue weighted by atomic mass is 31.2. The Balaban J connectivity index is 5.19. The minimum atomic E-state index is -4.70. The normalized spacial score (nSPS) is 14.2. The lowest BCUT2D eigenvalue weighted by molar-refractivity contribution is -0.870. The van der Waals surface area contributed by atoms with Gasteiger partial charge in [0, 0.05) is 12.8 Å². The zero-order valence-electron chi connectivity index (χ0n) is 50.2. The first-order valence-electron chi connectivity index (χ1n) is 31.4. The van der Waals surface area contributed by atoms with Gasteiger partial charge < -0.3 is 28.5 Å². The third-order valence-electron chi connectivity index (χ3n) is 13.6. The monoisotopic (exact) mass is 1080 g/mol. The Hall–Kier alpha value is -2.81. The maximum absolute atomic E-state index is 13.5. The Morgan fingerprint density at radius 3 is 1.26 bits per heavy atom. The standard InChI is InChI=1S/C66H119N2O7P/c1-7-10-13-16-19-22-25-28-29-30-31-32-33-34-35-36-37-38-39-41-43-46-49-52-55-58-65(69)67-63(62-74-76(71,72)73-61-60-68(4,5)6)64(57-54-51-48-45-42-27-24-21-18-15-12-9-3)75-66(70)59-56-53-50-47-44-40-26-23-20-17-14-11-8-2/h10,13,19,22,28-29,31-32,34-35,37-38,54,57,63-64H,7-9,11-12,14-18,20-21,23-27,30,33,36,39-53,55-56,58-62H2,1-6H3,(H-,67,69,71,72)/b13-10-,22-19-,29-28-,32-31-,35-34-,38-37-,57-54-. The summed E-state index contributed by atoms with van der Waals surface area (Å²) in [5, 5.41) is 3.02. The number of hydrogen-bond donors (Lipinski definition) is 1. The number of carbonyl (C=O) groups excluding carboxylic acids is 2. The molecule has 3 atom stereocenters. The van der Waals surface area contributed by atoms with Crippen LogP contribution in [0.25, 0.3) is 0 Å². The molecule has 0 rings (SSSR count). The summed E-state index contributed by atoms with van der Waals surface area (Å²) in [5.74, 6) is -0.556. The number of unbranched alkanes of at least 4 members (excludes halogenated alkanes) is 28. The number of amides is 1. The van der Waals surface area contributed by atoms with Gasteiger partial charge in [-0.25, -0.2) is 0 Å². The summed E-state index contributed by atoms with van der Waals surface area (Å²) in [7, 11) is 1.17. The maximum Gasteiger partial charge on any atom is 0.306 e. The lowest BCUT2D eigenvalue weighted by Crippen LogP contribution is -2.47. The molecule has 0 fully saturated rings. The minimum absolute atomic E-state index is 0.0277. The van der Waals surface area contributed by atoms with Crippen LogP contribution < -0.4 is 10.2 Å². The first-order chi connectivity index (χ1) is 36.9. The fourth-order valence-corrected chi connectivity index (χ4v) is 9.48. The minimum Gasteiger partial charge on any atom is -0.756 e. The van der Waals surface area contributed by atoms with E-state index < -0.39 is 26.6 Å². The third-order valence-corrected chi connectivity index (χ3v) is 14.6. The molecule has 0 spiro atoms. The highest BCUT2D eigenvalue weighted by molar-refractivity contribution is 7.45. The number of esters is 1. The molecule has 0 radical (unpaired) electrons. The van der Waals surface area contributed by atoms with Crippen LogP contribution in [-0.4, -0.2) is 69.4 Å². The number of likely N-dealkylation sites (N-methyl/N-ethyl adjacent to an activating group) is 1. The predicted octanol–water partition coefficient (Wildman–Crippen LogP) is 18.8. The van der Waals surface area contributed by atoms with Crippen molar-refractivity contribution in [3.05, 3.63) is 85.1 Å². The second kappa shape index (κ2) is 55.5. The average Bonchev–Trinajstić information content (AvgIpc) is 3.38. The Bertz CT molecular complexity index is 1580. The fraction of sp³-hybridized carbons (Fsp3) is 0.758. The number of carbonyl (C=O) groups is 2. The highest BCUT2D eigenvalue weighted by Crippen LogP contribution is 2.38. The summed E-state index contributed by atoms with van der Waals surface area (Å²) in [4.78, 5) is 40.0. The summed E-state index contributed by atoms with van der Waals surface area (Å²) in [6.45, 7) is 6.72. The van der Waals surface area contributed by atoms with Crippen LogP contribution in [0.15, 0.2) is 85.1 Å². The summed E-state index contributed by atoms with van der Waals surface area (Å²) >= 11 is 0. The Labute approximate surface area is 469 Å². The van der Waals surface area contributed by atoms with Crippen molar-refractivity contribution in [2.45, 2.75) is 283 Å². The van der Waals surface area contributed by atoms with E-state index in [2.05, 4.69) is 99.0 Å². The second-order valence-corrected chi connectivity index (χ2v) is 23.6. The Morgan fingerprint density at radius 2 is 0.842 bits per heavy atom. The lowest BCUT2D eigenvalue weighted by atomic mass is 10.0. The van der Waals surface area contributed by atoms with E-state index >= 15 is 0 Å². The Morgan fingerprint density at radius 1 is 0.474 bits per heavy atom. The van der Waals surface area contributed by atoms with Gasteiger partial charge in [-0.3, -0.25) is 14.2 Å². The molecule has 0 aromatic heterocycles. The van der Waals surface area contributed by atoms with Crippen molar-refractivity contribution in [1.82, 2.24) is 5.32 Å². The average molecular weight is 1080 g/mol. The van der Waals surface area contributed by atoms with E-state index in [9.17, 15) is 19.0 Å². The smallest absolute Gasteiger partial charge is 0.306 e. The third kappa shape index (κ3) is 55.9. The molecule has 0 aromatic carbocycles. The molecule has 0 saturated carbocycles. The van der Waals surface area contributed by atoms with Gasteiger partial charge in [-0.05, 0) is 83.1 Å². The van der Waals surface area contributed by atoms with E-state index in [-0.39, 0.29) is 24.9 Å². The molecule has 3 unspecified atom stereocenters. The number of rotatable bonds is 56. The van der Waals surface area contributed by atoms with Crippen LogP contribution >= 0.6 is 7.82 Å². The molecule has 10 heteroatoms. The number of nitrogens with one attached hydrogen (secondary N) is 1. The topological polar surface area (TPSA) is 114 Å². The van der Waals surface area contributed by atoms with Crippen LogP contribution in [-0.2, 0) is 27.9 Å². The number of phosphoric acid groups is 1. The molecule has 440 valence electrons. The van der Waals surface area contributed by atoms with Crippen molar-refractivity contribution in [2.24, 2.45) is 0 Å². The molecule has 0 bridgehead atoms.